The molecule has 0 saturated carbocycles. The van der Waals surface area contributed by atoms with Gasteiger partial charge in [-0.05, 0) is 12.5 Å². The summed E-state index contributed by atoms with van der Waals surface area (Å²) in [4.78, 5) is 10.8. The van der Waals surface area contributed by atoms with Crippen LogP contribution in [0.5, 0.6) is 0 Å². The predicted octanol–water partition coefficient (Wildman–Crippen LogP) is 1.40. The minimum absolute atomic E-state index is 0.660. The lowest BCUT2D eigenvalue weighted by Gasteiger charge is -2.28. The maximum Gasteiger partial charge on any atom is 0.313 e. The van der Waals surface area contributed by atoms with Crippen molar-refractivity contribution in [3.05, 3.63) is 23.8 Å². The second-order valence-electron chi connectivity index (χ2n) is 2.93. The fourth-order valence-corrected chi connectivity index (χ4v) is 1.51. The number of hydrogen-bond donors (Lipinski definition) is 2. The van der Waals surface area contributed by atoms with Gasteiger partial charge < -0.3 is 5.11 Å². The van der Waals surface area contributed by atoms with Crippen molar-refractivity contribution in [2.45, 2.75) is 11.7 Å². The molecule has 0 aliphatic heterocycles. The number of carboxylic acids is 1. The number of aliphatic carboxylic acids is 1. The second kappa shape index (κ2) is 3.27. The first-order valence-corrected chi connectivity index (χ1v) is 4.19. The van der Waals surface area contributed by atoms with Crippen LogP contribution in [0, 0.1) is 17.2 Å². The molecule has 0 bridgehead atoms. The van der Waals surface area contributed by atoms with Crippen LogP contribution in [-0.4, -0.2) is 15.8 Å². The fraction of sp³-hybridized carbons (Fsp3) is 0.333. The summed E-state index contributed by atoms with van der Waals surface area (Å²) in [6, 6.07) is 1.93. The van der Waals surface area contributed by atoms with Crippen LogP contribution in [0.3, 0.4) is 0 Å². The summed E-state index contributed by atoms with van der Waals surface area (Å²) in [5, 5.41) is 17.7. The van der Waals surface area contributed by atoms with Crippen LogP contribution in [0.4, 0.5) is 0 Å². The molecule has 0 aromatic carbocycles. The van der Waals surface area contributed by atoms with Crippen LogP contribution in [0.15, 0.2) is 23.8 Å². The molecule has 0 heterocycles. The molecule has 13 heavy (non-hydrogen) atoms. The summed E-state index contributed by atoms with van der Waals surface area (Å²) in [6.07, 6.45) is 4.82. The Morgan fingerprint density at radius 2 is 2.46 bits per heavy atom. The first-order chi connectivity index (χ1) is 6.02. The number of carbonyl (C=O) groups is 1. The zero-order chi connectivity index (χ0) is 10.1. The van der Waals surface area contributed by atoms with Crippen molar-refractivity contribution < 1.29 is 9.90 Å². The molecular weight excluding hydrogens is 186 g/mol. The largest absolute Gasteiger partial charge is 0.481 e. The summed E-state index contributed by atoms with van der Waals surface area (Å²) in [6.45, 7) is 1.70. The number of rotatable bonds is 1. The number of carboxylic acid groups (broad SMARTS) is 1. The Morgan fingerprint density at radius 1 is 1.85 bits per heavy atom. The molecule has 1 aliphatic carbocycles. The van der Waals surface area contributed by atoms with Gasteiger partial charge in [0.15, 0.2) is 0 Å². The molecule has 0 saturated heterocycles. The predicted molar refractivity (Wildman–Crippen MR) is 51.4 cm³/mol. The zero-order valence-electron chi connectivity index (χ0n) is 7.06. The molecule has 3 nitrogen and oxygen atoms in total. The van der Waals surface area contributed by atoms with Crippen molar-refractivity contribution >= 4 is 18.6 Å². The Labute approximate surface area is 81.8 Å². The van der Waals surface area contributed by atoms with Crippen LogP contribution < -0.4 is 0 Å². The normalized spacial score (nSPS) is 32.1. The van der Waals surface area contributed by atoms with E-state index in [2.05, 4.69) is 12.6 Å². The van der Waals surface area contributed by atoms with E-state index in [9.17, 15) is 4.79 Å². The van der Waals surface area contributed by atoms with E-state index in [0.717, 1.165) is 0 Å². The highest BCUT2D eigenvalue weighted by molar-refractivity contribution is 7.82. The maximum absolute atomic E-state index is 10.8. The van der Waals surface area contributed by atoms with Gasteiger partial charge in [-0.3, -0.25) is 4.79 Å². The Balaban J connectivity index is 3.16. The second-order valence-corrected chi connectivity index (χ2v) is 3.63. The highest BCUT2D eigenvalue weighted by Gasteiger charge is 2.41. The molecule has 2 unspecified atom stereocenters. The number of thiol groups is 1. The molecule has 2 atom stereocenters. The van der Waals surface area contributed by atoms with Crippen molar-refractivity contribution in [3.63, 3.8) is 0 Å². The van der Waals surface area contributed by atoms with Gasteiger partial charge in [-0.25, -0.2) is 0 Å². The van der Waals surface area contributed by atoms with Gasteiger partial charge in [0.2, 0.25) is 0 Å². The Hall–Kier alpha value is -1.21. The number of nitrogens with zero attached hydrogens (tertiary/aromatic N) is 1. The number of allylic oxidation sites excluding steroid dienone is 2. The van der Waals surface area contributed by atoms with E-state index in [1.54, 1.807) is 19.1 Å². The SMILES string of the molecule is CC1=CC=CC(C(=O)O)C1(S)C#N. The first kappa shape index (κ1) is 9.87. The number of hydrogen-bond acceptors (Lipinski definition) is 3. The van der Waals surface area contributed by atoms with Crippen molar-refractivity contribution in [1.29, 1.82) is 5.26 Å². The summed E-state index contributed by atoms with van der Waals surface area (Å²) >= 11 is 4.12. The maximum atomic E-state index is 10.8. The van der Waals surface area contributed by atoms with Crippen LogP contribution in [-0.2, 0) is 4.79 Å². The van der Waals surface area contributed by atoms with Gasteiger partial charge in [0.25, 0.3) is 0 Å². The topological polar surface area (TPSA) is 61.1 Å². The molecule has 0 spiro atoms. The molecule has 0 aromatic rings. The molecular formula is C9H9NO2S. The summed E-state index contributed by atoms with van der Waals surface area (Å²) < 4.78 is -1.21. The average Bonchev–Trinajstić information content (AvgIpc) is 2.09. The lowest BCUT2D eigenvalue weighted by molar-refractivity contribution is -0.140. The van der Waals surface area contributed by atoms with E-state index in [1.807, 2.05) is 6.07 Å². The lowest BCUT2D eigenvalue weighted by atomic mass is 9.83. The van der Waals surface area contributed by atoms with E-state index in [-0.39, 0.29) is 0 Å². The molecule has 68 valence electrons. The highest BCUT2D eigenvalue weighted by Crippen LogP contribution is 2.36. The zero-order valence-corrected chi connectivity index (χ0v) is 7.95. The number of nitriles is 1. The van der Waals surface area contributed by atoms with Crippen LogP contribution in [0.1, 0.15) is 6.92 Å². The summed E-state index contributed by atoms with van der Waals surface area (Å²) in [5.41, 5.74) is 0.660. The molecule has 0 fully saturated rings. The van der Waals surface area contributed by atoms with Crippen LogP contribution >= 0.6 is 12.6 Å². The van der Waals surface area contributed by atoms with Gasteiger partial charge >= 0.3 is 5.97 Å². The molecule has 1 aliphatic rings. The smallest absolute Gasteiger partial charge is 0.313 e. The molecule has 0 radical (unpaired) electrons. The van der Waals surface area contributed by atoms with Gasteiger partial charge in [-0.15, -0.1) is 0 Å². The summed E-state index contributed by atoms with van der Waals surface area (Å²) in [7, 11) is 0. The van der Waals surface area contributed by atoms with Crippen LogP contribution in [0.25, 0.3) is 0 Å². The van der Waals surface area contributed by atoms with E-state index >= 15 is 0 Å². The van der Waals surface area contributed by atoms with Gasteiger partial charge in [0.05, 0.1) is 6.07 Å². The molecule has 0 amide bonds. The average molecular weight is 195 g/mol. The minimum atomic E-state index is -1.21. The Kier molecular flexibility index (Phi) is 2.48. The third-order valence-electron chi connectivity index (χ3n) is 2.14. The quantitative estimate of drug-likeness (QED) is 0.622. The van der Waals surface area contributed by atoms with Crippen molar-refractivity contribution in [1.82, 2.24) is 0 Å². The first-order valence-electron chi connectivity index (χ1n) is 3.74. The molecule has 4 heteroatoms. The third kappa shape index (κ3) is 1.47. The van der Waals surface area contributed by atoms with Gasteiger partial charge in [0, 0.05) is 0 Å². The van der Waals surface area contributed by atoms with E-state index in [0.29, 0.717) is 5.57 Å². The standard InChI is InChI=1S/C9H9NO2S/c1-6-3-2-4-7(8(11)12)9(6,13)5-10/h2-4,7,13H,1H3,(H,11,12). The monoisotopic (exact) mass is 195 g/mol. The molecule has 1 rings (SSSR count). The molecule has 1 N–H and O–H groups in total. The minimum Gasteiger partial charge on any atom is -0.481 e. The fourth-order valence-electron chi connectivity index (χ4n) is 1.24. The van der Waals surface area contributed by atoms with E-state index in [1.165, 1.54) is 6.08 Å². The van der Waals surface area contributed by atoms with Crippen LogP contribution in [0.2, 0.25) is 0 Å². The van der Waals surface area contributed by atoms with Gasteiger partial charge in [-0.2, -0.15) is 17.9 Å². The van der Waals surface area contributed by atoms with Gasteiger partial charge in [-0.1, -0.05) is 18.2 Å². The highest BCUT2D eigenvalue weighted by atomic mass is 32.1. The molecule has 0 aromatic heterocycles. The summed E-state index contributed by atoms with van der Waals surface area (Å²) in [5.74, 6) is -1.90. The Morgan fingerprint density at radius 3 is 2.85 bits per heavy atom. The van der Waals surface area contributed by atoms with E-state index < -0.39 is 16.6 Å². The van der Waals surface area contributed by atoms with Crippen molar-refractivity contribution in [2.75, 3.05) is 0 Å². The third-order valence-corrected chi connectivity index (χ3v) is 2.87. The Bertz CT molecular complexity index is 340. The van der Waals surface area contributed by atoms with Crippen molar-refractivity contribution in [2.24, 2.45) is 5.92 Å². The van der Waals surface area contributed by atoms with E-state index in [4.69, 9.17) is 10.4 Å². The van der Waals surface area contributed by atoms with Gasteiger partial charge in [0.1, 0.15) is 10.7 Å². The van der Waals surface area contributed by atoms with Crippen molar-refractivity contribution in [3.8, 4) is 6.07 Å². The lowest BCUT2D eigenvalue weighted by Crippen LogP contribution is -2.37.